The molecular formula is C15H19BrO2. The van der Waals surface area contributed by atoms with Crippen LogP contribution in [0.25, 0.3) is 0 Å². The van der Waals surface area contributed by atoms with Gasteiger partial charge in [0.05, 0.1) is 6.10 Å². The molecule has 1 aliphatic carbocycles. The molecule has 2 nitrogen and oxygen atoms in total. The molecule has 1 N–H and O–H groups in total. The summed E-state index contributed by atoms with van der Waals surface area (Å²) >= 11 is 3.48. The first-order chi connectivity index (χ1) is 8.64. The van der Waals surface area contributed by atoms with Crippen LogP contribution in [0.15, 0.2) is 22.7 Å². The zero-order valence-corrected chi connectivity index (χ0v) is 12.2. The van der Waals surface area contributed by atoms with E-state index in [4.69, 9.17) is 4.74 Å². The quantitative estimate of drug-likeness (QED) is 0.841. The minimum absolute atomic E-state index is 0.123. The maximum Gasteiger partial charge on any atom is 0.127 e. The number of rotatable bonds is 1. The Morgan fingerprint density at radius 1 is 1.50 bits per heavy atom. The van der Waals surface area contributed by atoms with Crippen LogP contribution in [0.3, 0.4) is 0 Å². The highest BCUT2D eigenvalue weighted by molar-refractivity contribution is 9.10. The van der Waals surface area contributed by atoms with Crippen LogP contribution in [0.1, 0.15) is 50.7 Å². The van der Waals surface area contributed by atoms with E-state index in [1.54, 1.807) is 0 Å². The summed E-state index contributed by atoms with van der Waals surface area (Å²) in [6.45, 7) is 2.23. The summed E-state index contributed by atoms with van der Waals surface area (Å²) in [7, 11) is 0. The van der Waals surface area contributed by atoms with Gasteiger partial charge in [-0.1, -0.05) is 28.9 Å². The molecule has 1 heterocycles. The van der Waals surface area contributed by atoms with Crippen molar-refractivity contribution in [3.63, 3.8) is 0 Å². The molecule has 1 aliphatic heterocycles. The first-order valence-electron chi connectivity index (χ1n) is 6.81. The molecule has 0 bridgehead atoms. The largest absolute Gasteiger partial charge is 0.486 e. The Morgan fingerprint density at radius 3 is 3.11 bits per heavy atom. The second-order valence-corrected chi connectivity index (χ2v) is 6.48. The van der Waals surface area contributed by atoms with Crippen molar-refractivity contribution in [1.82, 2.24) is 0 Å². The molecule has 3 atom stereocenters. The van der Waals surface area contributed by atoms with Crippen LogP contribution in [0.5, 0.6) is 5.75 Å². The van der Waals surface area contributed by atoms with Gasteiger partial charge in [0.2, 0.25) is 0 Å². The van der Waals surface area contributed by atoms with Crippen molar-refractivity contribution < 1.29 is 9.84 Å². The zero-order valence-electron chi connectivity index (χ0n) is 10.7. The van der Waals surface area contributed by atoms with Crippen LogP contribution in [-0.4, -0.2) is 10.7 Å². The minimum atomic E-state index is -0.381. The number of fused-ring (bicyclic) bond motifs is 1. The predicted octanol–water partition coefficient (Wildman–Crippen LogP) is 4.21. The Kier molecular flexibility index (Phi) is 3.15. The highest BCUT2D eigenvalue weighted by atomic mass is 79.9. The highest BCUT2D eigenvalue weighted by Crippen LogP contribution is 2.51. The van der Waals surface area contributed by atoms with Gasteiger partial charge in [-0.15, -0.1) is 0 Å². The summed E-state index contributed by atoms with van der Waals surface area (Å²) < 4.78 is 7.36. The number of aliphatic hydroxyl groups excluding tert-OH is 1. The molecule has 0 amide bonds. The van der Waals surface area contributed by atoms with Crippen molar-refractivity contribution in [3.8, 4) is 5.75 Å². The van der Waals surface area contributed by atoms with Crippen molar-refractivity contribution in [2.45, 2.75) is 50.7 Å². The second-order valence-electron chi connectivity index (χ2n) is 5.57. The standard InChI is InChI=1S/C15H19BrO2/c1-2-10-4-3-7-15(10)9-13(17)12-6-5-11(16)8-14(12)18-15/h5-6,8,10,13,17H,2-4,7,9H2,1H3/t10?,13-,15?/m0/s1. The van der Waals surface area contributed by atoms with Crippen LogP contribution in [0.2, 0.25) is 0 Å². The van der Waals surface area contributed by atoms with Crippen LogP contribution in [0, 0.1) is 5.92 Å². The van der Waals surface area contributed by atoms with E-state index < -0.39 is 0 Å². The third kappa shape index (κ3) is 1.88. The number of hydrogen-bond acceptors (Lipinski definition) is 2. The first kappa shape index (κ1) is 12.5. The van der Waals surface area contributed by atoms with E-state index in [1.165, 1.54) is 12.8 Å². The molecule has 0 saturated heterocycles. The SMILES string of the molecule is CCC1CCCC12C[C@H](O)c1ccc(Br)cc1O2. The molecule has 2 unspecified atom stereocenters. The van der Waals surface area contributed by atoms with Gasteiger partial charge in [0.1, 0.15) is 11.4 Å². The maximum absolute atomic E-state index is 10.4. The normalized spacial score (nSPS) is 34.4. The van der Waals surface area contributed by atoms with Crippen LogP contribution < -0.4 is 4.74 Å². The number of aliphatic hydroxyl groups is 1. The average Bonchev–Trinajstić information content (AvgIpc) is 2.70. The molecule has 18 heavy (non-hydrogen) atoms. The van der Waals surface area contributed by atoms with Crippen molar-refractivity contribution >= 4 is 15.9 Å². The lowest BCUT2D eigenvalue weighted by Crippen LogP contribution is -2.44. The Labute approximate surface area is 116 Å². The van der Waals surface area contributed by atoms with E-state index in [0.29, 0.717) is 5.92 Å². The lowest BCUT2D eigenvalue weighted by molar-refractivity contribution is -0.0411. The number of benzene rings is 1. The van der Waals surface area contributed by atoms with Gasteiger partial charge in [-0.05, 0) is 43.7 Å². The third-order valence-electron chi connectivity index (χ3n) is 4.58. The summed E-state index contributed by atoms with van der Waals surface area (Å²) in [6.07, 6.45) is 5.03. The van der Waals surface area contributed by atoms with Gasteiger partial charge in [-0.3, -0.25) is 0 Å². The van der Waals surface area contributed by atoms with Gasteiger partial charge >= 0.3 is 0 Å². The highest BCUT2D eigenvalue weighted by Gasteiger charge is 2.48. The van der Waals surface area contributed by atoms with Gasteiger partial charge in [0, 0.05) is 16.5 Å². The lowest BCUT2D eigenvalue weighted by atomic mass is 9.80. The molecule has 3 rings (SSSR count). The minimum Gasteiger partial charge on any atom is -0.486 e. The predicted molar refractivity (Wildman–Crippen MR) is 74.7 cm³/mol. The van der Waals surface area contributed by atoms with Crippen LogP contribution in [0.4, 0.5) is 0 Å². The smallest absolute Gasteiger partial charge is 0.127 e. The van der Waals surface area contributed by atoms with Crippen molar-refractivity contribution in [2.75, 3.05) is 0 Å². The van der Waals surface area contributed by atoms with Crippen molar-refractivity contribution in [1.29, 1.82) is 0 Å². The molecule has 1 saturated carbocycles. The maximum atomic E-state index is 10.4. The lowest BCUT2D eigenvalue weighted by Gasteiger charge is -2.42. The number of hydrogen-bond donors (Lipinski definition) is 1. The van der Waals surface area contributed by atoms with Crippen LogP contribution in [-0.2, 0) is 0 Å². The van der Waals surface area contributed by atoms with E-state index in [1.807, 2.05) is 18.2 Å². The fourth-order valence-corrected chi connectivity index (χ4v) is 4.00. The second kappa shape index (κ2) is 4.53. The van der Waals surface area contributed by atoms with E-state index in [2.05, 4.69) is 22.9 Å². The molecule has 0 aromatic heterocycles. The third-order valence-corrected chi connectivity index (χ3v) is 5.07. The number of halogens is 1. The Morgan fingerprint density at radius 2 is 2.33 bits per heavy atom. The van der Waals surface area contributed by atoms with Gasteiger partial charge in [0.25, 0.3) is 0 Å². The molecular weight excluding hydrogens is 292 g/mol. The van der Waals surface area contributed by atoms with Gasteiger partial charge in [-0.25, -0.2) is 0 Å². The molecule has 1 aromatic carbocycles. The monoisotopic (exact) mass is 310 g/mol. The summed E-state index contributed by atoms with van der Waals surface area (Å²) in [5, 5.41) is 10.4. The molecule has 1 spiro atoms. The molecule has 98 valence electrons. The zero-order chi connectivity index (χ0) is 12.8. The Balaban J connectivity index is 1.99. The average molecular weight is 311 g/mol. The topological polar surface area (TPSA) is 29.5 Å². The summed E-state index contributed by atoms with van der Waals surface area (Å²) in [5.74, 6) is 1.45. The van der Waals surface area contributed by atoms with Crippen LogP contribution >= 0.6 is 15.9 Å². The molecule has 1 fully saturated rings. The molecule has 1 aromatic rings. The molecule has 0 radical (unpaired) electrons. The van der Waals surface area contributed by atoms with E-state index in [9.17, 15) is 5.11 Å². The van der Waals surface area contributed by atoms with E-state index >= 15 is 0 Å². The first-order valence-corrected chi connectivity index (χ1v) is 7.60. The molecule has 2 aliphatic rings. The number of ether oxygens (including phenoxy) is 1. The summed E-state index contributed by atoms with van der Waals surface area (Å²) in [4.78, 5) is 0. The fraction of sp³-hybridized carbons (Fsp3) is 0.600. The van der Waals surface area contributed by atoms with Crippen molar-refractivity contribution in [3.05, 3.63) is 28.2 Å². The van der Waals surface area contributed by atoms with Gasteiger partial charge < -0.3 is 9.84 Å². The summed E-state index contributed by atoms with van der Waals surface area (Å²) in [5.41, 5.74) is 0.813. The van der Waals surface area contributed by atoms with E-state index in [0.717, 1.165) is 35.0 Å². The Hall–Kier alpha value is -0.540. The van der Waals surface area contributed by atoms with Gasteiger partial charge in [-0.2, -0.15) is 0 Å². The fourth-order valence-electron chi connectivity index (χ4n) is 3.66. The van der Waals surface area contributed by atoms with Crippen molar-refractivity contribution in [2.24, 2.45) is 5.92 Å². The Bertz CT molecular complexity index is 460. The molecule has 3 heteroatoms. The summed E-state index contributed by atoms with van der Waals surface area (Å²) in [6, 6.07) is 5.92. The van der Waals surface area contributed by atoms with E-state index in [-0.39, 0.29) is 11.7 Å². The van der Waals surface area contributed by atoms with Gasteiger partial charge in [0.15, 0.2) is 0 Å².